The van der Waals surface area contributed by atoms with E-state index in [1.807, 2.05) is 0 Å². The molecule has 4 rings (SSSR count). The Hall–Kier alpha value is -2.42. The number of aliphatic carboxylic acids is 1. The lowest BCUT2D eigenvalue weighted by molar-refractivity contribution is -0.140. The lowest BCUT2D eigenvalue weighted by atomic mass is 9.95. The number of carboxylic acid groups (broad SMARTS) is 1. The van der Waals surface area contributed by atoms with E-state index in [-0.39, 0.29) is 17.3 Å². The van der Waals surface area contributed by atoms with Crippen LogP contribution in [0.25, 0.3) is 0 Å². The number of sulfonamides is 1. The van der Waals surface area contributed by atoms with Gasteiger partial charge in [-0.05, 0) is 67.5 Å². The van der Waals surface area contributed by atoms with E-state index in [2.05, 4.69) is 5.32 Å². The molecule has 1 saturated carbocycles. The molecule has 2 N–H and O–H groups in total. The van der Waals surface area contributed by atoms with Gasteiger partial charge in [0.15, 0.2) is 0 Å². The van der Waals surface area contributed by atoms with E-state index >= 15 is 0 Å². The van der Waals surface area contributed by atoms with Crippen LogP contribution in [-0.4, -0.2) is 42.3 Å². The van der Waals surface area contributed by atoms with Crippen molar-refractivity contribution >= 4 is 33.5 Å². The summed E-state index contributed by atoms with van der Waals surface area (Å²) in [5.74, 6) is -1.15. The number of nitrogens with one attached hydrogen (secondary N) is 1. The Morgan fingerprint density at radius 1 is 1.09 bits per heavy atom. The minimum Gasteiger partial charge on any atom is -0.481 e. The number of rotatable bonds is 7. The molecule has 1 saturated heterocycles. The van der Waals surface area contributed by atoms with Crippen LogP contribution in [0.3, 0.4) is 0 Å². The first-order valence-electron chi connectivity index (χ1n) is 10.6. The summed E-state index contributed by atoms with van der Waals surface area (Å²) >= 11 is 5.93. The Morgan fingerprint density at radius 3 is 2.34 bits per heavy atom. The summed E-state index contributed by atoms with van der Waals surface area (Å²) in [6.45, 7) is 0.527. The summed E-state index contributed by atoms with van der Waals surface area (Å²) in [4.78, 5) is 24.4. The number of carboxylic acids is 1. The zero-order valence-electron chi connectivity index (χ0n) is 17.5. The number of nitrogens with zero attached hydrogens (tertiary/aromatic N) is 1. The number of amides is 1. The van der Waals surface area contributed by atoms with Gasteiger partial charge in [-0.3, -0.25) is 9.59 Å². The number of benzene rings is 2. The highest BCUT2D eigenvalue weighted by Crippen LogP contribution is 2.48. The van der Waals surface area contributed by atoms with Crippen LogP contribution in [0.15, 0.2) is 53.4 Å². The lowest BCUT2D eigenvalue weighted by Crippen LogP contribution is -2.48. The monoisotopic (exact) mass is 476 g/mol. The molecule has 2 aromatic rings. The van der Waals surface area contributed by atoms with Gasteiger partial charge in [0.25, 0.3) is 0 Å². The van der Waals surface area contributed by atoms with Gasteiger partial charge < -0.3 is 10.4 Å². The maximum Gasteiger partial charge on any atom is 0.314 e. The third-order valence-corrected chi connectivity index (χ3v) is 8.40. The molecule has 2 fully saturated rings. The van der Waals surface area contributed by atoms with Crippen molar-refractivity contribution in [2.45, 2.75) is 55.0 Å². The molecule has 0 radical (unpaired) electrons. The number of carbonyl (C=O) groups excluding carboxylic acids is 1. The molecule has 2 aliphatic rings. The second kappa shape index (κ2) is 8.84. The molecule has 1 amide bonds. The summed E-state index contributed by atoms with van der Waals surface area (Å²) in [5, 5.41) is 12.7. The van der Waals surface area contributed by atoms with Crippen molar-refractivity contribution in [3.63, 3.8) is 0 Å². The first kappa shape index (κ1) is 22.8. The highest BCUT2D eigenvalue weighted by molar-refractivity contribution is 7.89. The smallest absolute Gasteiger partial charge is 0.314 e. The van der Waals surface area contributed by atoms with Gasteiger partial charge in [-0.2, -0.15) is 4.31 Å². The van der Waals surface area contributed by atoms with Crippen LogP contribution in [0.2, 0.25) is 5.02 Å². The number of carbonyl (C=O) groups is 2. The molecule has 0 bridgehead atoms. The van der Waals surface area contributed by atoms with Gasteiger partial charge in [0.05, 0.1) is 10.3 Å². The molecule has 9 heteroatoms. The SMILES string of the molecule is O=C1NCCCC[C@H]1N(Cc1ccc(C2(C(=O)O)CC2)cc1)S(=O)(=O)c1ccc(Cl)cc1. The van der Waals surface area contributed by atoms with Crippen LogP contribution in [0.4, 0.5) is 0 Å². The van der Waals surface area contributed by atoms with Gasteiger partial charge >= 0.3 is 5.97 Å². The van der Waals surface area contributed by atoms with Crippen molar-refractivity contribution in [3.05, 3.63) is 64.7 Å². The van der Waals surface area contributed by atoms with E-state index in [9.17, 15) is 23.1 Å². The molecule has 0 unspecified atom stereocenters. The van der Waals surface area contributed by atoms with E-state index < -0.39 is 27.4 Å². The molecule has 1 heterocycles. The average molecular weight is 477 g/mol. The van der Waals surface area contributed by atoms with E-state index in [0.717, 1.165) is 12.8 Å². The molecule has 1 atom stereocenters. The number of hydrogen-bond acceptors (Lipinski definition) is 4. The summed E-state index contributed by atoms with van der Waals surface area (Å²) in [7, 11) is -3.98. The Labute approximate surface area is 192 Å². The Kier molecular flexibility index (Phi) is 6.29. The molecule has 7 nitrogen and oxygen atoms in total. The zero-order chi connectivity index (χ0) is 22.9. The topological polar surface area (TPSA) is 104 Å². The van der Waals surface area contributed by atoms with Gasteiger partial charge in [-0.25, -0.2) is 8.42 Å². The van der Waals surface area contributed by atoms with E-state index in [0.29, 0.717) is 42.0 Å². The normalized spacial score (nSPS) is 20.4. The van der Waals surface area contributed by atoms with Crippen LogP contribution in [0.1, 0.15) is 43.2 Å². The summed E-state index contributed by atoms with van der Waals surface area (Å²) in [5.41, 5.74) is 0.576. The third-order valence-electron chi connectivity index (χ3n) is 6.28. The van der Waals surface area contributed by atoms with E-state index in [1.54, 1.807) is 24.3 Å². The molecule has 0 aromatic heterocycles. The van der Waals surface area contributed by atoms with Crippen LogP contribution in [0, 0.1) is 0 Å². The fraction of sp³-hybridized carbons (Fsp3) is 0.391. The molecular weight excluding hydrogens is 452 g/mol. The van der Waals surface area contributed by atoms with E-state index in [4.69, 9.17) is 11.6 Å². The van der Waals surface area contributed by atoms with Gasteiger partial charge in [0.2, 0.25) is 15.9 Å². The fourth-order valence-corrected chi connectivity index (χ4v) is 5.89. The fourth-order valence-electron chi connectivity index (χ4n) is 4.16. The predicted octanol–water partition coefficient (Wildman–Crippen LogP) is 3.32. The van der Waals surface area contributed by atoms with E-state index in [1.165, 1.54) is 28.6 Å². The minimum absolute atomic E-state index is 0.00337. The van der Waals surface area contributed by atoms with Crippen molar-refractivity contribution in [2.24, 2.45) is 0 Å². The van der Waals surface area contributed by atoms with Crippen molar-refractivity contribution in [1.82, 2.24) is 9.62 Å². The van der Waals surface area contributed by atoms with Crippen molar-refractivity contribution in [1.29, 1.82) is 0 Å². The molecule has 2 aromatic carbocycles. The number of halogens is 1. The first-order valence-corrected chi connectivity index (χ1v) is 12.4. The Balaban J connectivity index is 1.67. The van der Waals surface area contributed by atoms with Gasteiger partial charge in [-0.1, -0.05) is 35.9 Å². The number of hydrogen-bond donors (Lipinski definition) is 2. The highest BCUT2D eigenvalue weighted by atomic mass is 35.5. The van der Waals surface area contributed by atoms with Crippen molar-refractivity contribution < 1.29 is 23.1 Å². The maximum atomic E-state index is 13.6. The maximum absolute atomic E-state index is 13.6. The zero-order valence-corrected chi connectivity index (χ0v) is 19.0. The second-order valence-electron chi connectivity index (χ2n) is 8.39. The first-order chi connectivity index (χ1) is 15.2. The molecule has 32 heavy (non-hydrogen) atoms. The van der Waals surface area contributed by atoms with Gasteiger partial charge in [-0.15, -0.1) is 0 Å². The van der Waals surface area contributed by atoms with Crippen molar-refractivity contribution in [2.75, 3.05) is 6.54 Å². The predicted molar refractivity (Wildman–Crippen MR) is 120 cm³/mol. The Morgan fingerprint density at radius 2 is 1.75 bits per heavy atom. The molecule has 0 spiro atoms. The molecule has 1 aliphatic carbocycles. The quantitative estimate of drug-likeness (QED) is 0.638. The van der Waals surface area contributed by atoms with Crippen LogP contribution in [0.5, 0.6) is 0 Å². The molecular formula is C23H25ClN2O5S. The molecule has 170 valence electrons. The average Bonchev–Trinajstić information content (AvgIpc) is 3.59. The van der Waals surface area contributed by atoms with Gasteiger partial charge in [0, 0.05) is 18.1 Å². The minimum atomic E-state index is -3.98. The molecule has 1 aliphatic heterocycles. The van der Waals surface area contributed by atoms with Crippen LogP contribution >= 0.6 is 11.6 Å². The van der Waals surface area contributed by atoms with Gasteiger partial charge in [0.1, 0.15) is 6.04 Å². The third kappa shape index (κ3) is 4.40. The summed E-state index contributed by atoms with van der Waals surface area (Å²) in [6.07, 6.45) is 3.15. The standard InChI is InChI=1S/C23H25ClN2O5S/c24-18-8-10-19(11-9-18)32(30,31)26(20-3-1-2-14-25-21(20)27)15-16-4-6-17(7-5-16)23(12-13-23)22(28)29/h4-11,20H,1-3,12-15H2,(H,25,27)(H,28,29)/t20-/m1/s1. The van der Waals surface area contributed by atoms with Crippen LogP contribution in [-0.2, 0) is 31.6 Å². The Bertz CT molecular complexity index is 1110. The second-order valence-corrected chi connectivity index (χ2v) is 10.7. The van der Waals surface area contributed by atoms with Crippen LogP contribution < -0.4 is 5.32 Å². The summed E-state index contributed by atoms with van der Waals surface area (Å²) < 4.78 is 28.4. The summed E-state index contributed by atoms with van der Waals surface area (Å²) in [6, 6.07) is 12.1. The highest BCUT2D eigenvalue weighted by Gasteiger charge is 2.51. The largest absolute Gasteiger partial charge is 0.481 e. The lowest BCUT2D eigenvalue weighted by Gasteiger charge is -2.29. The van der Waals surface area contributed by atoms with Crippen molar-refractivity contribution in [3.8, 4) is 0 Å².